The summed E-state index contributed by atoms with van der Waals surface area (Å²) in [4.78, 5) is 23.2. The van der Waals surface area contributed by atoms with Crippen molar-refractivity contribution in [2.75, 3.05) is 16.8 Å². The molecule has 0 aliphatic rings. The number of amides is 1. The van der Waals surface area contributed by atoms with Crippen LogP contribution in [0, 0.1) is 6.92 Å². The predicted octanol–water partition coefficient (Wildman–Crippen LogP) is 6.84. The molecule has 1 amide bonds. The average Bonchev–Trinajstić information content (AvgIpc) is 2.85. The highest BCUT2D eigenvalue weighted by Gasteiger charge is 2.17. The van der Waals surface area contributed by atoms with Crippen molar-refractivity contribution in [2.45, 2.75) is 27.7 Å². The minimum absolute atomic E-state index is 0.0694. The zero-order chi connectivity index (χ0) is 26.1. The maximum absolute atomic E-state index is 12.5. The van der Waals surface area contributed by atoms with Crippen LogP contribution in [0.1, 0.15) is 47.1 Å². The number of rotatable bonds is 3. The first kappa shape index (κ1) is 27.2. The zero-order valence-electron chi connectivity index (χ0n) is 20.2. The number of nitrogen functional groups attached to an aromatic ring is 2. The van der Waals surface area contributed by atoms with Gasteiger partial charge in [-0.1, -0.05) is 49.7 Å². The van der Waals surface area contributed by atoms with Gasteiger partial charge < -0.3 is 21.9 Å². The number of anilines is 3. The number of aryl methyl sites for hydroxylation is 1. The highest BCUT2D eigenvalue weighted by molar-refractivity contribution is 6.30. The van der Waals surface area contributed by atoms with Gasteiger partial charge in [0.2, 0.25) is 0 Å². The molecule has 4 rings (SSSR count). The van der Waals surface area contributed by atoms with Crippen LogP contribution in [-0.2, 0) is 0 Å². The number of benzene rings is 4. The molecule has 0 aliphatic carbocycles. The van der Waals surface area contributed by atoms with Crippen LogP contribution < -0.4 is 16.8 Å². The van der Waals surface area contributed by atoms with E-state index < -0.39 is 5.91 Å². The van der Waals surface area contributed by atoms with E-state index in [1.165, 1.54) is 6.92 Å². The van der Waals surface area contributed by atoms with E-state index in [0.29, 0.717) is 27.3 Å². The van der Waals surface area contributed by atoms with Crippen LogP contribution in [0.5, 0.6) is 5.75 Å². The first-order chi connectivity index (χ1) is 16.7. The summed E-state index contributed by atoms with van der Waals surface area (Å²) in [6.07, 6.45) is 0. The molecule has 0 saturated carbocycles. The minimum atomic E-state index is -0.426. The first-order valence-corrected chi connectivity index (χ1v) is 11.5. The van der Waals surface area contributed by atoms with Crippen molar-refractivity contribution >= 4 is 51.1 Å². The lowest BCUT2D eigenvalue weighted by Crippen LogP contribution is -2.13. The summed E-state index contributed by atoms with van der Waals surface area (Å²) in [6, 6.07) is 21.0. The van der Waals surface area contributed by atoms with Crippen LogP contribution >= 0.6 is 11.6 Å². The van der Waals surface area contributed by atoms with Gasteiger partial charge in [0, 0.05) is 27.3 Å². The molecule has 0 atom stereocenters. The van der Waals surface area contributed by atoms with E-state index >= 15 is 0 Å². The number of nitrogens with two attached hydrogens (primary N) is 2. The van der Waals surface area contributed by atoms with Gasteiger partial charge in [-0.2, -0.15) is 0 Å². The van der Waals surface area contributed by atoms with Crippen molar-refractivity contribution in [1.82, 2.24) is 0 Å². The van der Waals surface area contributed by atoms with E-state index in [0.717, 1.165) is 10.9 Å². The van der Waals surface area contributed by atoms with Gasteiger partial charge in [0.15, 0.2) is 11.5 Å². The Labute approximate surface area is 210 Å². The molecule has 0 aromatic heterocycles. The van der Waals surface area contributed by atoms with Crippen molar-refractivity contribution in [1.29, 1.82) is 0 Å². The number of phenols is 1. The van der Waals surface area contributed by atoms with Crippen LogP contribution in [-0.4, -0.2) is 16.8 Å². The fourth-order valence-corrected chi connectivity index (χ4v) is 3.44. The molecule has 6 N–H and O–H groups in total. The maximum atomic E-state index is 12.5. The molecular weight excluding hydrogens is 462 g/mol. The first-order valence-electron chi connectivity index (χ1n) is 11.1. The summed E-state index contributed by atoms with van der Waals surface area (Å²) < 4.78 is 0. The number of nitrogens with one attached hydrogen (secondary N) is 1. The fraction of sp³-hybridized carbons (Fsp3) is 0.143. The molecule has 7 heteroatoms. The van der Waals surface area contributed by atoms with Crippen LogP contribution in [0.2, 0.25) is 5.02 Å². The lowest BCUT2D eigenvalue weighted by Gasteiger charge is -2.12. The summed E-state index contributed by atoms with van der Waals surface area (Å²) in [5.74, 6) is -0.571. The third-order valence-corrected chi connectivity index (χ3v) is 5.29. The molecule has 4 aromatic rings. The van der Waals surface area contributed by atoms with E-state index in [4.69, 9.17) is 23.1 Å². The van der Waals surface area contributed by atoms with E-state index in [2.05, 4.69) is 5.32 Å². The molecule has 0 spiro atoms. The molecule has 4 aromatic carbocycles. The number of ketones is 1. The van der Waals surface area contributed by atoms with E-state index in [1.807, 2.05) is 39.0 Å². The van der Waals surface area contributed by atoms with Gasteiger partial charge in [-0.3, -0.25) is 9.59 Å². The molecule has 0 radical (unpaired) electrons. The number of hydrogen-bond donors (Lipinski definition) is 4. The van der Waals surface area contributed by atoms with Gasteiger partial charge in [-0.15, -0.1) is 0 Å². The molecule has 0 saturated heterocycles. The topological polar surface area (TPSA) is 118 Å². The van der Waals surface area contributed by atoms with Gasteiger partial charge >= 0.3 is 0 Å². The number of carbonyl (C=O) groups excluding carboxylic acids is 2. The number of carbonyl (C=O) groups is 2. The molecule has 0 unspecified atom stereocenters. The standard InChI is InChI=1S/C18H15ClN2O2.C8H9NO.C2H6/c1-10-8-12(19)6-7-15(10)21-18(23)14-9-11-4-2-3-5-13(11)16(20)17(14)22;1-6(10)7-2-4-8(9)5-3-7;1-2/h2-9,22H,20H2,1H3,(H,21,23);2-5H,9H2,1H3;1-2H3. The third kappa shape index (κ3) is 6.98. The van der Waals surface area contributed by atoms with Gasteiger partial charge in [0.05, 0.1) is 11.3 Å². The minimum Gasteiger partial charge on any atom is -0.505 e. The van der Waals surface area contributed by atoms with Crippen molar-refractivity contribution in [3.05, 3.63) is 94.5 Å². The summed E-state index contributed by atoms with van der Waals surface area (Å²) in [5.41, 5.74) is 14.5. The van der Waals surface area contributed by atoms with Crippen molar-refractivity contribution in [3.63, 3.8) is 0 Å². The van der Waals surface area contributed by atoms with Crippen LogP contribution in [0.4, 0.5) is 17.1 Å². The van der Waals surface area contributed by atoms with Gasteiger partial charge in [-0.05, 0) is 73.3 Å². The predicted molar refractivity (Wildman–Crippen MR) is 146 cm³/mol. The van der Waals surface area contributed by atoms with Crippen molar-refractivity contribution < 1.29 is 14.7 Å². The van der Waals surface area contributed by atoms with Crippen LogP contribution in [0.25, 0.3) is 10.8 Å². The summed E-state index contributed by atoms with van der Waals surface area (Å²) in [5, 5.41) is 15.1. The Morgan fingerprint density at radius 3 is 2.14 bits per heavy atom. The van der Waals surface area contributed by atoms with Gasteiger partial charge in [0.25, 0.3) is 5.91 Å². The lowest BCUT2D eigenvalue weighted by atomic mass is 10.0. The van der Waals surface area contributed by atoms with Crippen LogP contribution in [0.3, 0.4) is 0 Å². The molecule has 0 aliphatic heterocycles. The highest BCUT2D eigenvalue weighted by atomic mass is 35.5. The summed E-state index contributed by atoms with van der Waals surface area (Å²) in [7, 11) is 0. The smallest absolute Gasteiger partial charge is 0.259 e. The van der Waals surface area contributed by atoms with Gasteiger partial charge in [0.1, 0.15) is 0 Å². The number of phenolic OH excluding ortho intramolecular Hbond substituents is 1. The molecule has 0 bridgehead atoms. The quantitative estimate of drug-likeness (QED) is 0.142. The van der Waals surface area contributed by atoms with E-state index in [1.54, 1.807) is 54.6 Å². The molecule has 182 valence electrons. The normalized spacial score (nSPS) is 9.86. The molecular formula is C28H30ClN3O3. The Balaban J connectivity index is 0.000000302. The average molecular weight is 492 g/mol. The maximum Gasteiger partial charge on any atom is 0.259 e. The number of halogens is 1. The number of Topliss-reactive ketones (excluding diaryl/α,β-unsaturated/α-hetero) is 1. The molecule has 0 heterocycles. The Morgan fingerprint density at radius 2 is 1.54 bits per heavy atom. The van der Waals surface area contributed by atoms with Crippen LogP contribution in [0.15, 0.2) is 72.8 Å². The highest BCUT2D eigenvalue weighted by Crippen LogP contribution is 2.34. The molecule has 35 heavy (non-hydrogen) atoms. The second-order valence-electron chi connectivity index (χ2n) is 7.50. The Hall–Kier alpha value is -4.03. The Kier molecular flexibility index (Phi) is 9.67. The third-order valence-electron chi connectivity index (χ3n) is 5.06. The monoisotopic (exact) mass is 491 g/mol. The second-order valence-corrected chi connectivity index (χ2v) is 7.94. The molecule has 0 fully saturated rings. The lowest BCUT2D eigenvalue weighted by molar-refractivity contribution is 0.101. The van der Waals surface area contributed by atoms with Crippen molar-refractivity contribution in [3.8, 4) is 5.75 Å². The second kappa shape index (κ2) is 12.4. The Bertz CT molecular complexity index is 1340. The SMILES string of the molecule is CC.CC(=O)c1ccc(N)cc1.Cc1cc(Cl)ccc1NC(=O)c1cc2ccccc2c(N)c1O. The zero-order valence-corrected chi connectivity index (χ0v) is 21.0. The van der Waals surface area contributed by atoms with E-state index in [9.17, 15) is 14.7 Å². The number of aromatic hydroxyl groups is 1. The fourth-order valence-electron chi connectivity index (χ4n) is 3.21. The summed E-state index contributed by atoms with van der Waals surface area (Å²) >= 11 is 5.91. The Morgan fingerprint density at radius 1 is 0.914 bits per heavy atom. The summed E-state index contributed by atoms with van der Waals surface area (Å²) in [6.45, 7) is 7.38. The molecule has 6 nitrogen and oxygen atoms in total. The number of fused-ring (bicyclic) bond motifs is 1. The van der Waals surface area contributed by atoms with Crippen molar-refractivity contribution in [2.24, 2.45) is 0 Å². The number of hydrogen-bond acceptors (Lipinski definition) is 5. The van der Waals surface area contributed by atoms with Gasteiger partial charge in [-0.25, -0.2) is 0 Å². The largest absolute Gasteiger partial charge is 0.505 e. The van der Waals surface area contributed by atoms with E-state index in [-0.39, 0.29) is 22.8 Å².